The van der Waals surface area contributed by atoms with E-state index in [-0.39, 0.29) is 0 Å². The van der Waals surface area contributed by atoms with Crippen LogP contribution >= 0.6 is 0 Å². The zero-order valence-corrected chi connectivity index (χ0v) is 10.5. The molecule has 0 saturated carbocycles. The lowest BCUT2D eigenvalue weighted by Gasteiger charge is -2.11. The van der Waals surface area contributed by atoms with E-state index < -0.39 is 0 Å². The highest BCUT2D eigenvalue weighted by atomic mass is 16.5. The Bertz CT molecular complexity index is 364. The maximum Gasteiger partial charge on any atom is 0.224 e. The predicted octanol–water partition coefficient (Wildman–Crippen LogP) is 1.67. The minimum atomic E-state index is 0.604. The average Bonchev–Trinajstić information content (AvgIpc) is 2.79. The minimum Gasteiger partial charge on any atom is -0.381 e. The van der Waals surface area contributed by atoms with Crippen molar-refractivity contribution in [3.8, 4) is 0 Å². The highest BCUT2D eigenvalue weighted by molar-refractivity contribution is 5.42. The third kappa shape index (κ3) is 3.56. The largest absolute Gasteiger partial charge is 0.381 e. The fraction of sp³-hybridized carbons (Fsp3) is 0.667. The molecule has 0 radical (unpaired) electrons. The number of rotatable bonds is 5. The molecule has 1 fully saturated rings. The Kier molecular flexibility index (Phi) is 4.14. The van der Waals surface area contributed by atoms with Crippen LogP contribution in [-0.2, 0) is 4.74 Å². The van der Waals surface area contributed by atoms with E-state index in [1.54, 1.807) is 0 Å². The van der Waals surface area contributed by atoms with Crippen molar-refractivity contribution in [3.63, 3.8) is 0 Å². The summed E-state index contributed by atoms with van der Waals surface area (Å²) in [4.78, 5) is 8.73. The summed E-state index contributed by atoms with van der Waals surface area (Å²) in [5, 5.41) is 6.48. The van der Waals surface area contributed by atoms with Crippen LogP contribution in [0.2, 0.25) is 0 Å². The van der Waals surface area contributed by atoms with Gasteiger partial charge in [-0.3, -0.25) is 0 Å². The van der Waals surface area contributed by atoms with Gasteiger partial charge in [-0.2, -0.15) is 4.98 Å². The number of aromatic nitrogens is 2. The highest BCUT2D eigenvalue weighted by Gasteiger charge is 2.15. The summed E-state index contributed by atoms with van der Waals surface area (Å²) in [5.41, 5.74) is 0.973. The van der Waals surface area contributed by atoms with E-state index >= 15 is 0 Å². The molecule has 1 aromatic rings. The number of anilines is 2. The smallest absolute Gasteiger partial charge is 0.224 e. The third-order valence-electron chi connectivity index (χ3n) is 2.78. The van der Waals surface area contributed by atoms with Crippen molar-refractivity contribution in [1.29, 1.82) is 0 Å². The zero-order valence-electron chi connectivity index (χ0n) is 10.5. The van der Waals surface area contributed by atoms with E-state index in [4.69, 9.17) is 4.74 Å². The SMILES string of the molecule is CCNc1nc(C)cc(NCC2CCOC2)n1. The van der Waals surface area contributed by atoms with Gasteiger partial charge < -0.3 is 15.4 Å². The minimum absolute atomic E-state index is 0.604. The summed E-state index contributed by atoms with van der Waals surface area (Å²) >= 11 is 0. The van der Waals surface area contributed by atoms with Crippen LogP contribution in [0.1, 0.15) is 19.0 Å². The molecule has 1 unspecified atom stereocenters. The Hall–Kier alpha value is -1.36. The van der Waals surface area contributed by atoms with Gasteiger partial charge >= 0.3 is 0 Å². The maximum atomic E-state index is 5.35. The lowest BCUT2D eigenvalue weighted by atomic mass is 10.1. The summed E-state index contributed by atoms with van der Waals surface area (Å²) in [6.07, 6.45) is 1.14. The lowest BCUT2D eigenvalue weighted by molar-refractivity contribution is 0.187. The van der Waals surface area contributed by atoms with E-state index in [1.165, 1.54) is 0 Å². The summed E-state index contributed by atoms with van der Waals surface area (Å²) < 4.78 is 5.35. The van der Waals surface area contributed by atoms with E-state index in [9.17, 15) is 0 Å². The first-order valence-electron chi connectivity index (χ1n) is 6.19. The fourth-order valence-electron chi connectivity index (χ4n) is 1.89. The van der Waals surface area contributed by atoms with Crippen molar-refractivity contribution in [2.24, 2.45) is 5.92 Å². The van der Waals surface area contributed by atoms with Gasteiger partial charge in [-0.15, -0.1) is 0 Å². The topological polar surface area (TPSA) is 59.1 Å². The van der Waals surface area contributed by atoms with Crippen LogP contribution in [-0.4, -0.2) is 36.3 Å². The Morgan fingerprint density at radius 1 is 1.41 bits per heavy atom. The molecule has 2 rings (SSSR count). The van der Waals surface area contributed by atoms with E-state index in [0.29, 0.717) is 11.9 Å². The predicted molar refractivity (Wildman–Crippen MR) is 68.3 cm³/mol. The number of aryl methyl sites for hydroxylation is 1. The quantitative estimate of drug-likeness (QED) is 0.814. The van der Waals surface area contributed by atoms with Gasteiger partial charge in [0.05, 0.1) is 6.61 Å². The molecular formula is C12H20N4O. The van der Waals surface area contributed by atoms with Crippen molar-refractivity contribution < 1.29 is 4.74 Å². The first-order chi connectivity index (χ1) is 8.28. The highest BCUT2D eigenvalue weighted by Crippen LogP contribution is 2.14. The van der Waals surface area contributed by atoms with Gasteiger partial charge in [-0.1, -0.05) is 0 Å². The molecule has 0 spiro atoms. The Morgan fingerprint density at radius 3 is 3.00 bits per heavy atom. The second-order valence-electron chi connectivity index (χ2n) is 4.36. The summed E-state index contributed by atoms with van der Waals surface area (Å²) in [6, 6.07) is 1.97. The van der Waals surface area contributed by atoms with E-state index in [2.05, 4.69) is 20.6 Å². The van der Waals surface area contributed by atoms with Crippen molar-refractivity contribution in [2.45, 2.75) is 20.3 Å². The molecular weight excluding hydrogens is 216 g/mol. The molecule has 2 heterocycles. The molecule has 5 heteroatoms. The summed E-state index contributed by atoms with van der Waals surface area (Å²) in [6.45, 7) is 7.51. The summed E-state index contributed by atoms with van der Waals surface area (Å²) in [5.74, 6) is 2.19. The Balaban J connectivity index is 1.94. The number of ether oxygens (including phenoxy) is 1. The molecule has 1 aliphatic heterocycles. The molecule has 0 bridgehead atoms. The lowest BCUT2D eigenvalue weighted by Crippen LogP contribution is -2.15. The van der Waals surface area contributed by atoms with Crippen LogP contribution in [0.3, 0.4) is 0 Å². The van der Waals surface area contributed by atoms with Gasteiger partial charge in [0.2, 0.25) is 5.95 Å². The zero-order chi connectivity index (χ0) is 12.1. The van der Waals surface area contributed by atoms with Gasteiger partial charge in [0.1, 0.15) is 5.82 Å². The molecule has 5 nitrogen and oxygen atoms in total. The molecule has 1 atom stereocenters. The van der Waals surface area contributed by atoms with Crippen LogP contribution < -0.4 is 10.6 Å². The molecule has 17 heavy (non-hydrogen) atoms. The van der Waals surface area contributed by atoms with Gasteiger partial charge in [-0.05, 0) is 20.3 Å². The van der Waals surface area contributed by atoms with Crippen LogP contribution in [0.4, 0.5) is 11.8 Å². The van der Waals surface area contributed by atoms with Gasteiger partial charge in [0.25, 0.3) is 0 Å². The number of hydrogen-bond acceptors (Lipinski definition) is 5. The Labute approximate surface area is 102 Å². The van der Waals surface area contributed by atoms with Gasteiger partial charge in [0, 0.05) is 37.4 Å². The van der Waals surface area contributed by atoms with E-state index in [1.807, 2.05) is 19.9 Å². The molecule has 1 saturated heterocycles. The van der Waals surface area contributed by atoms with Crippen LogP contribution in [0, 0.1) is 12.8 Å². The second kappa shape index (κ2) is 5.82. The van der Waals surface area contributed by atoms with Crippen LogP contribution in [0.5, 0.6) is 0 Å². The van der Waals surface area contributed by atoms with E-state index in [0.717, 1.165) is 44.2 Å². The third-order valence-corrected chi connectivity index (χ3v) is 2.78. The number of hydrogen-bond donors (Lipinski definition) is 2. The van der Waals surface area contributed by atoms with Crippen molar-refractivity contribution in [3.05, 3.63) is 11.8 Å². The normalized spacial score (nSPS) is 19.3. The van der Waals surface area contributed by atoms with Crippen molar-refractivity contribution in [2.75, 3.05) is 36.9 Å². The van der Waals surface area contributed by atoms with Crippen molar-refractivity contribution in [1.82, 2.24) is 9.97 Å². The molecule has 0 aromatic carbocycles. The first-order valence-corrected chi connectivity index (χ1v) is 6.19. The van der Waals surface area contributed by atoms with Gasteiger partial charge in [-0.25, -0.2) is 4.98 Å². The molecule has 2 N–H and O–H groups in total. The molecule has 0 amide bonds. The average molecular weight is 236 g/mol. The number of nitrogens with one attached hydrogen (secondary N) is 2. The molecule has 1 aromatic heterocycles. The van der Waals surface area contributed by atoms with Crippen LogP contribution in [0.25, 0.3) is 0 Å². The Morgan fingerprint density at radius 2 is 2.29 bits per heavy atom. The van der Waals surface area contributed by atoms with Crippen molar-refractivity contribution >= 4 is 11.8 Å². The fourth-order valence-corrected chi connectivity index (χ4v) is 1.89. The van der Waals surface area contributed by atoms with Gasteiger partial charge in [0.15, 0.2) is 0 Å². The molecule has 0 aliphatic carbocycles. The maximum absolute atomic E-state index is 5.35. The summed E-state index contributed by atoms with van der Waals surface area (Å²) in [7, 11) is 0. The monoisotopic (exact) mass is 236 g/mol. The first kappa shape index (κ1) is 12.1. The standard InChI is InChI=1S/C12H20N4O/c1-3-13-12-15-9(2)6-11(16-12)14-7-10-4-5-17-8-10/h6,10H,3-5,7-8H2,1-2H3,(H2,13,14,15,16). The molecule has 1 aliphatic rings. The van der Waals surface area contributed by atoms with Crippen LogP contribution in [0.15, 0.2) is 6.07 Å². The number of nitrogens with zero attached hydrogens (tertiary/aromatic N) is 2. The second-order valence-corrected chi connectivity index (χ2v) is 4.36. The molecule has 94 valence electrons.